The largest absolute Gasteiger partial charge is 0.507 e. The van der Waals surface area contributed by atoms with Crippen molar-refractivity contribution in [2.45, 2.75) is 79.1 Å². The average Bonchev–Trinajstić information content (AvgIpc) is 3.00. The predicted molar refractivity (Wildman–Crippen MR) is 204 cm³/mol. The lowest BCUT2D eigenvalue weighted by molar-refractivity contribution is 0.0624. The molecule has 15 heteroatoms. The monoisotopic (exact) mass is 735 g/mol. The van der Waals surface area contributed by atoms with Gasteiger partial charge in [0.1, 0.15) is 34.1 Å². The minimum absolute atomic E-state index is 0.0104. The Kier molecular flexibility index (Phi) is 15.4. The molecule has 0 unspecified atom stereocenters. The van der Waals surface area contributed by atoms with Gasteiger partial charge in [-0.3, -0.25) is 30.7 Å². The molecule has 0 spiro atoms. The third kappa shape index (κ3) is 17.6. The highest BCUT2D eigenvalue weighted by molar-refractivity contribution is 5.91. The minimum atomic E-state index is -0.626. The Bertz CT molecular complexity index is 1710. The van der Waals surface area contributed by atoms with Gasteiger partial charge in [-0.05, 0) is 117 Å². The Balaban J connectivity index is 0.000000477. The van der Waals surface area contributed by atoms with Crippen molar-refractivity contribution in [2.75, 3.05) is 29.0 Å². The minimum Gasteiger partial charge on any atom is -0.507 e. The smallest absolute Gasteiger partial charge is 0.412 e. The molecule has 3 rings (SSSR count). The molecule has 286 valence electrons. The number of hydrogen-bond donors (Lipinski definition) is 6. The van der Waals surface area contributed by atoms with Gasteiger partial charge in [0.2, 0.25) is 0 Å². The summed E-state index contributed by atoms with van der Waals surface area (Å²) in [5, 5.41) is 37.1. The normalized spacial score (nSPS) is 11.6. The van der Waals surface area contributed by atoms with Crippen LogP contribution in [-0.2, 0) is 14.2 Å². The molecule has 0 aromatic heterocycles. The first kappa shape index (κ1) is 43.0. The first-order valence-corrected chi connectivity index (χ1v) is 16.5. The Morgan fingerprint density at radius 1 is 0.547 bits per heavy atom. The Morgan fingerprint density at radius 2 is 0.830 bits per heavy atom. The fourth-order valence-electron chi connectivity index (χ4n) is 3.90. The Morgan fingerprint density at radius 3 is 1.11 bits per heavy atom. The molecule has 6 N–H and O–H groups in total. The zero-order valence-electron chi connectivity index (χ0n) is 31.4. The van der Waals surface area contributed by atoms with Crippen LogP contribution >= 0.6 is 0 Å². The van der Waals surface area contributed by atoms with Crippen LogP contribution in [0.25, 0.3) is 0 Å². The van der Waals surface area contributed by atoms with Crippen molar-refractivity contribution in [1.82, 2.24) is 0 Å². The first-order valence-electron chi connectivity index (χ1n) is 16.5. The molecule has 0 saturated heterocycles. The molecule has 0 aliphatic carbocycles. The lowest BCUT2D eigenvalue weighted by Crippen LogP contribution is -2.27. The average molecular weight is 736 g/mol. The molecule has 3 aromatic carbocycles. The number of carbonyl (C=O) groups excluding carboxylic acids is 4. The molecule has 0 saturated carbocycles. The third-order valence-corrected chi connectivity index (χ3v) is 5.96. The van der Waals surface area contributed by atoms with Crippen LogP contribution in [0.3, 0.4) is 0 Å². The lowest BCUT2D eigenvalue weighted by Gasteiger charge is -2.19. The molecule has 0 aliphatic rings. The topological polar surface area (TPSA) is 217 Å². The number of ether oxygens (including phenoxy) is 3. The number of hydrogen-bond acceptors (Lipinski definition) is 12. The number of benzene rings is 3. The second-order valence-electron chi connectivity index (χ2n) is 14.4. The van der Waals surface area contributed by atoms with Gasteiger partial charge in [0.05, 0.1) is 18.7 Å². The highest BCUT2D eigenvalue weighted by Gasteiger charge is 2.18. The van der Waals surface area contributed by atoms with E-state index in [0.29, 0.717) is 47.6 Å². The summed E-state index contributed by atoms with van der Waals surface area (Å²) in [4.78, 5) is 54.4. The number of anilines is 3. The van der Waals surface area contributed by atoms with Gasteiger partial charge in [0, 0.05) is 40.6 Å². The van der Waals surface area contributed by atoms with Crippen LogP contribution in [0.15, 0.2) is 64.6 Å². The summed E-state index contributed by atoms with van der Waals surface area (Å²) in [5.41, 5.74) is 0.412. The van der Waals surface area contributed by atoms with Crippen LogP contribution in [0.4, 0.5) is 31.4 Å². The number of carbonyl (C=O) groups is 4. The predicted octanol–water partition coefficient (Wildman–Crippen LogP) is 7.88. The van der Waals surface area contributed by atoms with E-state index in [-0.39, 0.29) is 22.8 Å². The van der Waals surface area contributed by atoms with Crippen LogP contribution in [0.5, 0.6) is 17.2 Å². The maximum Gasteiger partial charge on any atom is 0.412 e. The second-order valence-corrected chi connectivity index (χ2v) is 14.4. The van der Waals surface area contributed by atoms with Gasteiger partial charge in [-0.2, -0.15) is 0 Å². The lowest BCUT2D eigenvalue weighted by atomic mass is 10.2. The Hall–Kier alpha value is -6.12. The fraction of sp³-hybridized carbons (Fsp3) is 0.368. The van der Waals surface area contributed by atoms with Gasteiger partial charge in [-0.25, -0.2) is 14.4 Å². The zero-order chi connectivity index (χ0) is 40.0. The fourth-order valence-corrected chi connectivity index (χ4v) is 3.90. The number of rotatable bonds is 9. The van der Waals surface area contributed by atoms with Gasteiger partial charge in [-0.1, -0.05) is 0 Å². The molecule has 0 heterocycles. The number of aliphatic imine (C=N–C) groups is 2. The number of aromatic hydroxyl groups is 3. The molecule has 3 aromatic rings. The van der Waals surface area contributed by atoms with Crippen LogP contribution in [0, 0.1) is 0 Å². The van der Waals surface area contributed by atoms with Gasteiger partial charge < -0.3 is 29.5 Å². The maximum absolute atomic E-state index is 11.9. The molecule has 53 heavy (non-hydrogen) atoms. The van der Waals surface area contributed by atoms with E-state index in [4.69, 9.17) is 14.2 Å². The van der Waals surface area contributed by atoms with Crippen molar-refractivity contribution < 1.29 is 48.7 Å². The molecule has 0 fully saturated rings. The molecule has 0 bridgehead atoms. The second kappa shape index (κ2) is 18.9. The molecule has 15 nitrogen and oxygen atoms in total. The molecular formula is C38H49N5O10. The highest BCUT2D eigenvalue weighted by atomic mass is 16.6. The summed E-state index contributed by atoms with van der Waals surface area (Å²) in [6.07, 6.45) is 1.66. The van der Waals surface area contributed by atoms with Gasteiger partial charge in [-0.15, -0.1) is 0 Å². The first-order chi connectivity index (χ1) is 24.5. The summed E-state index contributed by atoms with van der Waals surface area (Å²) in [5.74, 6) is -0.109. The van der Waals surface area contributed by atoms with Crippen LogP contribution in [-0.4, -0.2) is 82.2 Å². The molecule has 3 amide bonds. The van der Waals surface area contributed by atoms with Crippen molar-refractivity contribution in [3.05, 3.63) is 71.3 Å². The number of nitrogens with zero attached hydrogens (tertiary/aromatic N) is 2. The molecule has 0 aliphatic heterocycles. The van der Waals surface area contributed by atoms with E-state index in [0.717, 1.165) is 0 Å². The maximum atomic E-state index is 11.9. The zero-order valence-corrected chi connectivity index (χ0v) is 31.4. The SMILES string of the molecule is CC(C)(C)OC(=O)Nc1ccc(O)c(C=NCCN=Cc2cc(NC(=O)OC(C)(C)C)ccc2O)c1.CC(C)(C)OC(=O)Nc1ccc(O)c(C=O)c1. The van der Waals surface area contributed by atoms with Gasteiger partial charge >= 0.3 is 18.3 Å². The van der Waals surface area contributed by atoms with Crippen molar-refractivity contribution in [1.29, 1.82) is 0 Å². The summed E-state index contributed by atoms with van der Waals surface area (Å²) >= 11 is 0. The van der Waals surface area contributed by atoms with Crippen LogP contribution in [0.1, 0.15) is 83.8 Å². The van der Waals surface area contributed by atoms with E-state index in [2.05, 4.69) is 25.9 Å². The number of nitrogens with one attached hydrogen (secondary N) is 3. The quantitative estimate of drug-likeness (QED) is 0.0410. The summed E-state index contributed by atoms with van der Waals surface area (Å²) in [6.45, 7) is 16.5. The molecule has 0 atom stereocenters. The Labute approximate surface area is 309 Å². The van der Waals surface area contributed by atoms with E-state index in [1.165, 1.54) is 42.8 Å². The number of phenolic OH excluding ortho intramolecular Hbond substituents is 3. The highest BCUT2D eigenvalue weighted by Crippen LogP contribution is 2.23. The van der Waals surface area contributed by atoms with Gasteiger partial charge in [0.15, 0.2) is 6.29 Å². The number of aldehydes is 1. The summed E-state index contributed by atoms with van der Waals surface area (Å²) < 4.78 is 15.5. The van der Waals surface area contributed by atoms with Crippen LogP contribution in [0.2, 0.25) is 0 Å². The summed E-state index contributed by atoms with van der Waals surface area (Å²) in [6, 6.07) is 13.3. The molecule has 0 radical (unpaired) electrons. The molecular weight excluding hydrogens is 686 g/mol. The van der Waals surface area contributed by atoms with E-state index in [1.54, 1.807) is 86.6 Å². The van der Waals surface area contributed by atoms with Crippen molar-refractivity contribution in [3.8, 4) is 17.2 Å². The standard InChI is InChI=1S/C26H34N4O6.C12H15NO4/c1-25(2,3)35-23(33)29-19-7-9-21(31)17(13-19)15-27-11-12-28-16-18-14-20(8-10-22(18)32)30-24(34)36-26(4,5)6;1-12(2,3)17-11(16)13-9-4-5-10(15)8(6-9)7-14/h7-10,13-16,31-32H,11-12H2,1-6H3,(H,29,33)(H,30,34);4-7,15H,1-3H3,(H,13,16). The van der Waals surface area contributed by atoms with Crippen molar-refractivity contribution in [2.24, 2.45) is 9.98 Å². The number of amides is 3. The van der Waals surface area contributed by atoms with Gasteiger partial charge in [0.25, 0.3) is 0 Å². The van der Waals surface area contributed by atoms with Crippen molar-refractivity contribution >= 4 is 54.1 Å². The van der Waals surface area contributed by atoms with Crippen LogP contribution < -0.4 is 16.0 Å². The van der Waals surface area contributed by atoms with E-state index < -0.39 is 35.1 Å². The summed E-state index contributed by atoms with van der Waals surface area (Å²) in [7, 11) is 0. The third-order valence-electron chi connectivity index (χ3n) is 5.96. The number of phenols is 3. The van der Waals surface area contributed by atoms with E-state index in [1.807, 2.05) is 0 Å². The van der Waals surface area contributed by atoms with E-state index in [9.17, 15) is 34.5 Å². The van der Waals surface area contributed by atoms with Crippen molar-refractivity contribution in [3.63, 3.8) is 0 Å². The van der Waals surface area contributed by atoms with E-state index >= 15 is 0 Å².